The van der Waals surface area contributed by atoms with Crippen molar-refractivity contribution in [3.8, 4) is 10.6 Å². The third-order valence-electron chi connectivity index (χ3n) is 2.17. The minimum atomic E-state index is 1.10. The van der Waals surface area contributed by atoms with Gasteiger partial charge in [0.15, 0.2) is 0 Å². The van der Waals surface area contributed by atoms with Crippen LogP contribution in [0, 0.1) is 0 Å². The van der Waals surface area contributed by atoms with E-state index in [1.54, 1.807) is 11.3 Å². The number of nitrogens with zero attached hydrogens (tertiary/aromatic N) is 1. The number of benzene rings is 1. The number of hydrogen-bond acceptors (Lipinski definition) is 3. The Morgan fingerprint density at radius 1 is 1.07 bits per heavy atom. The van der Waals surface area contributed by atoms with Crippen LogP contribution in [0.5, 0.6) is 0 Å². The molecule has 0 amide bonds. The molecule has 2 heterocycles. The van der Waals surface area contributed by atoms with Crippen LogP contribution < -0.4 is 0 Å². The van der Waals surface area contributed by atoms with Crippen molar-refractivity contribution in [2.24, 2.45) is 0 Å². The van der Waals surface area contributed by atoms with Crippen molar-refractivity contribution in [3.05, 3.63) is 41.8 Å². The molecule has 0 fully saturated rings. The predicted octanol–water partition coefficient (Wildman–Crippen LogP) is 3.53. The highest BCUT2D eigenvalue weighted by Crippen LogP contribution is 2.32. The Morgan fingerprint density at radius 3 is 2.73 bits per heavy atom. The van der Waals surface area contributed by atoms with Gasteiger partial charge in [-0.15, -0.1) is 11.3 Å². The molecule has 0 saturated heterocycles. The lowest BCUT2D eigenvalue weighted by molar-refractivity contribution is 0.632. The molecular formula is C11H8ClNOS. The molecule has 1 aromatic carbocycles. The summed E-state index contributed by atoms with van der Waals surface area (Å²) in [5.74, 6) is 0. The monoisotopic (exact) mass is 237 g/mol. The normalized spacial score (nSPS) is 10.0. The van der Waals surface area contributed by atoms with Crippen LogP contribution in [0.15, 0.2) is 41.8 Å². The molecule has 76 valence electrons. The third-order valence-corrected chi connectivity index (χ3v) is 3.00. The first kappa shape index (κ1) is 10.4. The first-order chi connectivity index (χ1) is 7.45. The van der Waals surface area contributed by atoms with Crippen molar-refractivity contribution in [2.75, 3.05) is 0 Å². The van der Waals surface area contributed by atoms with Crippen LogP contribution in [0.25, 0.3) is 21.5 Å². The summed E-state index contributed by atoms with van der Waals surface area (Å²) in [7, 11) is 0. The van der Waals surface area contributed by atoms with Crippen LogP contribution in [-0.2, 0) is 0 Å². The number of rotatable bonds is 0. The van der Waals surface area contributed by atoms with E-state index in [9.17, 15) is 0 Å². The lowest BCUT2D eigenvalue weighted by atomic mass is 10.2. The van der Waals surface area contributed by atoms with E-state index in [0.29, 0.717) is 0 Å². The molecule has 0 atom stereocenters. The maximum absolute atomic E-state index is 6.47. The van der Waals surface area contributed by atoms with Crippen LogP contribution in [0.1, 0.15) is 0 Å². The Hall–Kier alpha value is -1.16. The quantitative estimate of drug-likeness (QED) is 0.649. The fraction of sp³-hybridized carbons (Fsp3) is 0. The van der Waals surface area contributed by atoms with Gasteiger partial charge in [0, 0.05) is 10.9 Å². The van der Waals surface area contributed by atoms with Gasteiger partial charge in [0.25, 0.3) is 0 Å². The molecule has 2 aliphatic rings. The minimum Gasteiger partial charge on any atom is -0.295 e. The summed E-state index contributed by atoms with van der Waals surface area (Å²) in [6.45, 7) is 0. The molecule has 0 spiro atoms. The van der Waals surface area contributed by atoms with E-state index >= 15 is 0 Å². The van der Waals surface area contributed by atoms with Gasteiger partial charge in [0.1, 0.15) is 5.01 Å². The van der Waals surface area contributed by atoms with Gasteiger partial charge >= 0.3 is 0 Å². The molecule has 0 aromatic heterocycles. The van der Waals surface area contributed by atoms with Crippen molar-refractivity contribution < 1.29 is 4.66 Å². The molecule has 1 aromatic rings. The Bertz CT molecular complexity index is 537. The second-order valence-electron chi connectivity index (χ2n) is 2.96. The molecule has 15 heavy (non-hydrogen) atoms. The van der Waals surface area contributed by atoms with E-state index in [-0.39, 0.29) is 0 Å². The largest absolute Gasteiger partial charge is 0.295 e. The van der Waals surface area contributed by atoms with Crippen molar-refractivity contribution in [2.45, 2.75) is 0 Å². The fourth-order valence-corrected chi connectivity index (χ4v) is 2.32. The second kappa shape index (κ2) is 4.57. The zero-order valence-electron chi connectivity index (χ0n) is 7.72. The Morgan fingerprint density at radius 2 is 1.87 bits per heavy atom. The summed E-state index contributed by atoms with van der Waals surface area (Å²) in [5.41, 5.74) is 2.36. The average Bonchev–Trinajstić information content (AvgIpc) is 2.70. The van der Waals surface area contributed by atoms with Gasteiger partial charge in [-0.3, -0.25) is 4.66 Å². The highest BCUT2D eigenvalue weighted by Gasteiger charge is 2.09. The first-order valence-electron chi connectivity index (χ1n) is 4.34. The molecule has 0 aliphatic carbocycles. The molecule has 0 unspecified atom stereocenters. The van der Waals surface area contributed by atoms with Gasteiger partial charge in [-0.1, -0.05) is 30.3 Å². The fourth-order valence-electron chi connectivity index (χ4n) is 1.57. The molecule has 4 heteroatoms. The molecule has 0 saturated carbocycles. The van der Waals surface area contributed by atoms with Crippen LogP contribution in [0.4, 0.5) is 0 Å². The summed E-state index contributed by atoms with van der Waals surface area (Å²) in [5, 5.41) is 4.45. The van der Waals surface area contributed by atoms with Gasteiger partial charge in [0.2, 0.25) is 0 Å². The molecule has 2 nitrogen and oxygen atoms in total. The molecule has 1 N–H and O–H groups in total. The van der Waals surface area contributed by atoms with E-state index in [1.165, 1.54) is 10.9 Å². The third kappa shape index (κ3) is 1.81. The van der Waals surface area contributed by atoms with E-state index in [0.717, 1.165) is 10.5 Å². The Labute approximate surface area is 96.3 Å². The van der Waals surface area contributed by atoms with Gasteiger partial charge in [-0.25, -0.2) is 4.98 Å². The highest BCUT2D eigenvalue weighted by atomic mass is 35.5. The number of fused-ring (bicyclic) bond motifs is 3. The standard InChI is InChI=1S/C11H7NS.ClHO/c1-2-6-10-8(4-1)9-5-3-7-13-11(9)12-10;1-2/h1-7H;2H. The average molecular weight is 238 g/mol. The van der Waals surface area contributed by atoms with Crippen LogP contribution in [0.2, 0.25) is 0 Å². The topological polar surface area (TPSA) is 33.1 Å². The maximum atomic E-state index is 6.47. The summed E-state index contributed by atoms with van der Waals surface area (Å²) in [6, 6.07) is 12.5. The van der Waals surface area contributed by atoms with Crippen molar-refractivity contribution in [3.63, 3.8) is 0 Å². The molecular weight excluding hydrogens is 230 g/mol. The summed E-state index contributed by atoms with van der Waals surface area (Å²) >= 11 is 5.33. The zero-order valence-corrected chi connectivity index (χ0v) is 9.29. The van der Waals surface area contributed by atoms with Crippen LogP contribution >= 0.6 is 23.2 Å². The SMILES string of the molecule is OCl.c1csc2nc3ccccc3c-2c1. The summed E-state index contributed by atoms with van der Waals surface area (Å²) < 4.78 is 6.47. The lowest BCUT2D eigenvalue weighted by Crippen LogP contribution is -1.68. The molecule has 2 aliphatic heterocycles. The number of halogens is 1. The zero-order chi connectivity index (χ0) is 10.7. The maximum Gasteiger partial charge on any atom is 0.124 e. The minimum absolute atomic E-state index is 1.10. The van der Waals surface area contributed by atoms with Crippen molar-refractivity contribution >= 4 is 34.1 Å². The molecule has 3 rings (SSSR count). The Balaban J connectivity index is 0.000000404. The van der Waals surface area contributed by atoms with E-state index < -0.39 is 0 Å². The predicted molar refractivity (Wildman–Crippen MR) is 64.3 cm³/mol. The van der Waals surface area contributed by atoms with Crippen molar-refractivity contribution in [1.82, 2.24) is 4.98 Å². The lowest BCUT2D eigenvalue weighted by Gasteiger charge is -1.92. The van der Waals surface area contributed by atoms with Gasteiger partial charge in [-0.2, -0.15) is 0 Å². The smallest absolute Gasteiger partial charge is 0.124 e. The summed E-state index contributed by atoms with van der Waals surface area (Å²) in [6.07, 6.45) is 0. The number of para-hydroxylation sites is 1. The first-order valence-corrected chi connectivity index (χ1v) is 5.56. The second-order valence-corrected chi connectivity index (χ2v) is 3.86. The highest BCUT2D eigenvalue weighted by molar-refractivity contribution is 7.13. The number of hydrogen-bond donors (Lipinski definition) is 1. The van der Waals surface area contributed by atoms with E-state index in [2.05, 4.69) is 52.6 Å². The number of aromatic nitrogens is 1. The Kier molecular flexibility index (Phi) is 3.16. The van der Waals surface area contributed by atoms with Gasteiger partial charge in [-0.05, 0) is 11.4 Å². The van der Waals surface area contributed by atoms with Crippen LogP contribution in [0.3, 0.4) is 0 Å². The van der Waals surface area contributed by atoms with E-state index in [1.807, 2.05) is 6.07 Å². The van der Waals surface area contributed by atoms with Crippen molar-refractivity contribution in [1.29, 1.82) is 0 Å². The molecule has 0 radical (unpaired) electrons. The van der Waals surface area contributed by atoms with Gasteiger partial charge < -0.3 is 0 Å². The van der Waals surface area contributed by atoms with E-state index in [4.69, 9.17) is 4.66 Å². The van der Waals surface area contributed by atoms with Crippen LogP contribution in [-0.4, -0.2) is 9.64 Å². The van der Waals surface area contributed by atoms with Gasteiger partial charge in [0.05, 0.1) is 17.4 Å². The molecule has 0 bridgehead atoms. The summed E-state index contributed by atoms with van der Waals surface area (Å²) in [4.78, 5) is 4.53.